The molecule has 0 radical (unpaired) electrons. The van der Waals surface area contributed by atoms with E-state index in [0.717, 1.165) is 41.3 Å². The molecular weight excluding hydrogens is 260 g/mol. The van der Waals surface area contributed by atoms with Crippen LogP contribution in [0, 0.1) is 6.92 Å². The molecule has 2 rings (SSSR count). The van der Waals surface area contributed by atoms with E-state index < -0.39 is 0 Å². The Morgan fingerprint density at radius 1 is 1.10 bits per heavy atom. The molecule has 1 heterocycles. The van der Waals surface area contributed by atoms with Crippen LogP contribution < -0.4 is 10.2 Å². The molecule has 112 valence electrons. The molecular formula is C17H24N4. The number of aromatic nitrogens is 2. The molecule has 0 spiro atoms. The molecule has 4 heteroatoms. The molecule has 0 aliphatic rings. The maximum absolute atomic E-state index is 4.75. The van der Waals surface area contributed by atoms with Crippen LogP contribution in [-0.2, 0) is 6.42 Å². The first-order chi connectivity index (χ1) is 10.1. The van der Waals surface area contributed by atoms with Gasteiger partial charge in [-0.2, -0.15) is 0 Å². The van der Waals surface area contributed by atoms with E-state index in [1.54, 1.807) is 0 Å². The fourth-order valence-electron chi connectivity index (χ4n) is 2.34. The average molecular weight is 284 g/mol. The van der Waals surface area contributed by atoms with Crippen molar-refractivity contribution < 1.29 is 0 Å². The van der Waals surface area contributed by atoms with E-state index in [9.17, 15) is 0 Å². The molecule has 0 aliphatic heterocycles. The lowest BCUT2D eigenvalue weighted by Gasteiger charge is -2.15. The SMILES string of the molecule is CCCc1nc(NC)c(C)c(-c2ccc(N(C)C)cc2)n1. The molecule has 1 N–H and O–H groups in total. The Morgan fingerprint density at radius 3 is 2.29 bits per heavy atom. The first kappa shape index (κ1) is 15.3. The summed E-state index contributed by atoms with van der Waals surface area (Å²) in [6, 6.07) is 8.49. The molecule has 0 saturated heterocycles. The summed E-state index contributed by atoms with van der Waals surface area (Å²) in [6.07, 6.45) is 1.95. The number of hydrogen-bond acceptors (Lipinski definition) is 4. The zero-order chi connectivity index (χ0) is 15.4. The minimum atomic E-state index is 0.901. The lowest BCUT2D eigenvalue weighted by atomic mass is 10.1. The Bertz CT molecular complexity index is 603. The molecule has 1 aromatic carbocycles. The van der Waals surface area contributed by atoms with Gasteiger partial charge in [0.05, 0.1) is 5.69 Å². The van der Waals surface area contributed by atoms with Crippen molar-refractivity contribution in [2.45, 2.75) is 26.7 Å². The standard InChI is InChI=1S/C17H24N4/c1-6-7-15-19-16(12(2)17(18-3)20-15)13-8-10-14(11-9-13)21(4)5/h8-11H,6-7H2,1-5H3,(H,18,19,20). The van der Waals surface area contributed by atoms with Gasteiger partial charge in [0.2, 0.25) is 0 Å². The molecule has 0 saturated carbocycles. The van der Waals surface area contributed by atoms with Crippen molar-refractivity contribution in [1.29, 1.82) is 0 Å². The van der Waals surface area contributed by atoms with Gasteiger partial charge >= 0.3 is 0 Å². The number of rotatable bonds is 5. The number of hydrogen-bond donors (Lipinski definition) is 1. The van der Waals surface area contributed by atoms with Gasteiger partial charge in [0.1, 0.15) is 11.6 Å². The fourth-order valence-corrected chi connectivity index (χ4v) is 2.34. The summed E-state index contributed by atoms with van der Waals surface area (Å²) in [4.78, 5) is 11.4. The Hall–Kier alpha value is -2.10. The lowest BCUT2D eigenvalue weighted by molar-refractivity contribution is 0.834. The molecule has 0 bridgehead atoms. The van der Waals surface area contributed by atoms with Gasteiger partial charge in [-0.25, -0.2) is 9.97 Å². The van der Waals surface area contributed by atoms with Crippen molar-refractivity contribution >= 4 is 11.5 Å². The van der Waals surface area contributed by atoms with Crippen LogP contribution in [0.4, 0.5) is 11.5 Å². The molecule has 0 aliphatic carbocycles. The Labute approximate surface area is 127 Å². The number of nitrogens with one attached hydrogen (secondary N) is 1. The van der Waals surface area contributed by atoms with Crippen LogP contribution in [0.25, 0.3) is 11.3 Å². The summed E-state index contributed by atoms with van der Waals surface area (Å²) < 4.78 is 0. The quantitative estimate of drug-likeness (QED) is 0.912. The van der Waals surface area contributed by atoms with E-state index in [4.69, 9.17) is 4.98 Å². The minimum Gasteiger partial charge on any atom is -0.378 e. The van der Waals surface area contributed by atoms with Crippen LogP contribution in [0.2, 0.25) is 0 Å². The highest BCUT2D eigenvalue weighted by Crippen LogP contribution is 2.27. The molecule has 21 heavy (non-hydrogen) atoms. The first-order valence-electron chi connectivity index (χ1n) is 7.39. The monoisotopic (exact) mass is 284 g/mol. The van der Waals surface area contributed by atoms with Crippen molar-refractivity contribution in [2.75, 3.05) is 31.4 Å². The van der Waals surface area contributed by atoms with Gasteiger partial charge in [0, 0.05) is 44.4 Å². The van der Waals surface area contributed by atoms with Crippen LogP contribution in [0.5, 0.6) is 0 Å². The second-order valence-corrected chi connectivity index (χ2v) is 5.40. The topological polar surface area (TPSA) is 41.1 Å². The molecule has 0 atom stereocenters. The highest BCUT2D eigenvalue weighted by atomic mass is 15.1. The number of nitrogens with zero attached hydrogens (tertiary/aromatic N) is 3. The van der Waals surface area contributed by atoms with Gasteiger partial charge in [-0.15, -0.1) is 0 Å². The van der Waals surface area contributed by atoms with E-state index in [1.165, 1.54) is 5.69 Å². The summed E-state index contributed by atoms with van der Waals surface area (Å²) in [5.74, 6) is 1.82. The molecule has 0 unspecified atom stereocenters. The Kier molecular flexibility index (Phi) is 4.78. The van der Waals surface area contributed by atoms with Crippen LogP contribution >= 0.6 is 0 Å². The molecule has 4 nitrogen and oxygen atoms in total. The smallest absolute Gasteiger partial charge is 0.132 e. The third-order valence-electron chi connectivity index (χ3n) is 3.56. The van der Waals surface area contributed by atoms with Gasteiger partial charge in [-0.1, -0.05) is 19.1 Å². The fraction of sp³-hybridized carbons (Fsp3) is 0.412. The first-order valence-corrected chi connectivity index (χ1v) is 7.39. The largest absolute Gasteiger partial charge is 0.378 e. The van der Waals surface area contributed by atoms with Gasteiger partial charge in [0.25, 0.3) is 0 Å². The van der Waals surface area contributed by atoms with E-state index >= 15 is 0 Å². The van der Waals surface area contributed by atoms with Crippen molar-refractivity contribution in [3.63, 3.8) is 0 Å². The predicted octanol–water partition coefficient (Wildman–Crippen LogP) is 3.51. The van der Waals surface area contributed by atoms with Crippen LogP contribution in [-0.4, -0.2) is 31.1 Å². The Balaban J connectivity index is 2.48. The number of benzene rings is 1. The molecule has 0 amide bonds. The summed E-state index contributed by atoms with van der Waals surface area (Å²) in [7, 11) is 6.00. The van der Waals surface area contributed by atoms with E-state index in [1.807, 2.05) is 21.1 Å². The van der Waals surface area contributed by atoms with Gasteiger partial charge in [0.15, 0.2) is 0 Å². The summed E-state index contributed by atoms with van der Waals surface area (Å²) >= 11 is 0. The van der Waals surface area contributed by atoms with Crippen LogP contribution in [0.3, 0.4) is 0 Å². The number of anilines is 2. The maximum atomic E-state index is 4.75. The van der Waals surface area contributed by atoms with Crippen molar-refractivity contribution in [1.82, 2.24) is 9.97 Å². The normalized spacial score (nSPS) is 10.5. The highest BCUT2D eigenvalue weighted by molar-refractivity contribution is 5.69. The van der Waals surface area contributed by atoms with Crippen molar-refractivity contribution in [2.24, 2.45) is 0 Å². The van der Waals surface area contributed by atoms with Gasteiger partial charge in [-0.05, 0) is 25.5 Å². The summed E-state index contributed by atoms with van der Waals surface area (Å²) in [5.41, 5.74) is 4.43. The lowest BCUT2D eigenvalue weighted by Crippen LogP contribution is -2.08. The second-order valence-electron chi connectivity index (χ2n) is 5.40. The maximum Gasteiger partial charge on any atom is 0.132 e. The molecule has 0 fully saturated rings. The van der Waals surface area contributed by atoms with E-state index in [-0.39, 0.29) is 0 Å². The third-order valence-corrected chi connectivity index (χ3v) is 3.56. The predicted molar refractivity (Wildman–Crippen MR) is 90.1 cm³/mol. The molecule has 1 aromatic heterocycles. The summed E-state index contributed by atoms with van der Waals surface area (Å²) in [5, 5.41) is 3.17. The zero-order valence-corrected chi connectivity index (χ0v) is 13.6. The Morgan fingerprint density at radius 2 is 1.76 bits per heavy atom. The van der Waals surface area contributed by atoms with Crippen LogP contribution in [0.15, 0.2) is 24.3 Å². The highest BCUT2D eigenvalue weighted by Gasteiger charge is 2.11. The van der Waals surface area contributed by atoms with Crippen molar-refractivity contribution in [3.05, 3.63) is 35.7 Å². The van der Waals surface area contributed by atoms with E-state index in [2.05, 4.69) is 53.3 Å². The third kappa shape index (κ3) is 3.32. The minimum absolute atomic E-state index is 0.901. The van der Waals surface area contributed by atoms with Crippen LogP contribution in [0.1, 0.15) is 24.7 Å². The van der Waals surface area contributed by atoms with E-state index in [0.29, 0.717) is 0 Å². The zero-order valence-electron chi connectivity index (χ0n) is 13.6. The molecule has 2 aromatic rings. The average Bonchev–Trinajstić information content (AvgIpc) is 2.49. The number of aryl methyl sites for hydroxylation is 1. The second kappa shape index (κ2) is 6.57. The van der Waals surface area contributed by atoms with Gasteiger partial charge in [-0.3, -0.25) is 0 Å². The van der Waals surface area contributed by atoms with Crippen molar-refractivity contribution in [3.8, 4) is 11.3 Å². The summed E-state index contributed by atoms with van der Waals surface area (Å²) in [6.45, 7) is 4.21. The van der Waals surface area contributed by atoms with Gasteiger partial charge < -0.3 is 10.2 Å².